The van der Waals surface area contributed by atoms with Crippen molar-refractivity contribution < 1.29 is 23.0 Å². The van der Waals surface area contributed by atoms with Crippen LogP contribution < -0.4 is 0 Å². The van der Waals surface area contributed by atoms with Gasteiger partial charge in [0.05, 0.1) is 12.2 Å². The Kier molecular flexibility index (Phi) is 8.66. The molecule has 0 aromatic heterocycles. The van der Waals surface area contributed by atoms with Crippen LogP contribution in [-0.4, -0.2) is 29.6 Å². The van der Waals surface area contributed by atoms with Gasteiger partial charge in [-0.2, -0.15) is 13.2 Å². The predicted octanol–water partition coefficient (Wildman–Crippen LogP) is 4.31. The minimum Gasteiger partial charge on any atom is -0.390 e. The maximum absolute atomic E-state index is 12.8. The number of halogens is 3. The maximum Gasteiger partial charge on any atom is 0.414 e. The van der Waals surface area contributed by atoms with Crippen LogP contribution in [0.5, 0.6) is 0 Å². The summed E-state index contributed by atoms with van der Waals surface area (Å²) >= 11 is 0. The van der Waals surface area contributed by atoms with E-state index in [1.807, 2.05) is 20.8 Å². The largest absolute Gasteiger partial charge is 0.414 e. The molecular weight excluding hydrogens is 257 g/mol. The van der Waals surface area contributed by atoms with Gasteiger partial charge in [0.15, 0.2) is 6.10 Å². The normalized spacial score (nSPS) is 17.5. The third kappa shape index (κ3) is 7.78. The molecule has 19 heavy (non-hydrogen) atoms. The molecule has 116 valence electrons. The standard InChI is InChI=1S/C14H27F3O2/c1-5-7-12(11(18)9-10(3)4)19-13(8-6-2)14(15,16)17/h10-13,18H,5-9H2,1-4H3. The molecule has 0 rings (SSSR count). The van der Waals surface area contributed by atoms with E-state index in [0.29, 0.717) is 25.7 Å². The average molecular weight is 284 g/mol. The summed E-state index contributed by atoms with van der Waals surface area (Å²) < 4.78 is 43.7. The highest BCUT2D eigenvalue weighted by atomic mass is 19.4. The predicted molar refractivity (Wildman–Crippen MR) is 70.0 cm³/mol. The van der Waals surface area contributed by atoms with Crippen molar-refractivity contribution in [1.29, 1.82) is 0 Å². The fraction of sp³-hybridized carbons (Fsp3) is 1.00. The van der Waals surface area contributed by atoms with E-state index < -0.39 is 24.5 Å². The van der Waals surface area contributed by atoms with E-state index >= 15 is 0 Å². The van der Waals surface area contributed by atoms with Crippen molar-refractivity contribution in [3.05, 3.63) is 0 Å². The van der Waals surface area contributed by atoms with E-state index in [-0.39, 0.29) is 12.3 Å². The number of ether oxygens (including phenoxy) is 1. The van der Waals surface area contributed by atoms with E-state index in [9.17, 15) is 18.3 Å². The van der Waals surface area contributed by atoms with Crippen molar-refractivity contribution in [2.24, 2.45) is 5.92 Å². The summed E-state index contributed by atoms with van der Waals surface area (Å²) in [5, 5.41) is 10.0. The molecule has 0 aliphatic rings. The zero-order valence-electron chi connectivity index (χ0n) is 12.3. The van der Waals surface area contributed by atoms with E-state index in [1.165, 1.54) is 0 Å². The van der Waals surface area contributed by atoms with Gasteiger partial charge in [0.2, 0.25) is 0 Å². The van der Waals surface area contributed by atoms with Gasteiger partial charge in [-0.3, -0.25) is 0 Å². The molecule has 3 atom stereocenters. The fourth-order valence-corrected chi connectivity index (χ4v) is 2.05. The number of rotatable bonds is 9. The Balaban J connectivity index is 4.68. The summed E-state index contributed by atoms with van der Waals surface area (Å²) in [5.41, 5.74) is 0. The first-order valence-electron chi connectivity index (χ1n) is 7.12. The van der Waals surface area contributed by atoms with Crippen LogP contribution in [0.2, 0.25) is 0 Å². The van der Waals surface area contributed by atoms with Crippen molar-refractivity contribution in [2.45, 2.75) is 84.3 Å². The molecule has 0 bridgehead atoms. The summed E-state index contributed by atoms with van der Waals surface area (Å²) in [7, 11) is 0. The Hall–Kier alpha value is -0.290. The van der Waals surface area contributed by atoms with Crippen LogP contribution in [0.1, 0.15) is 59.8 Å². The molecule has 0 aromatic carbocycles. The molecule has 2 nitrogen and oxygen atoms in total. The molecule has 0 saturated carbocycles. The Morgan fingerprint density at radius 2 is 1.58 bits per heavy atom. The summed E-state index contributed by atoms with van der Waals surface area (Å²) in [6.07, 6.45) is -5.74. The molecule has 0 aliphatic carbocycles. The van der Waals surface area contributed by atoms with Crippen molar-refractivity contribution in [2.75, 3.05) is 0 Å². The second kappa shape index (κ2) is 8.80. The molecule has 0 fully saturated rings. The molecule has 0 radical (unpaired) electrons. The lowest BCUT2D eigenvalue weighted by atomic mass is 9.98. The molecule has 1 N–H and O–H groups in total. The second-order valence-corrected chi connectivity index (χ2v) is 5.48. The van der Waals surface area contributed by atoms with Gasteiger partial charge in [0, 0.05) is 0 Å². The van der Waals surface area contributed by atoms with Crippen molar-refractivity contribution in [3.8, 4) is 0 Å². The zero-order valence-corrected chi connectivity index (χ0v) is 12.3. The minimum absolute atomic E-state index is 0.0574. The number of hydrogen-bond donors (Lipinski definition) is 1. The molecule has 0 aliphatic heterocycles. The lowest BCUT2D eigenvalue weighted by molar-refractivity contribution is -0.245. The Morgan fingerprint density at radius 3 is 1.95 bits per heavy atom. The Morgan fingerprint density at radius 1 is 1.05 bits per heavy atom. The maximum atomic E-state index is 12.8. The summed E-state index contributed by atoms with van der Waals surface area (Å²) in [4.78, 5) is 0. The highest BCUT2D eigenvalue weighted by Gasteiger charge is 2.42. The molecule has 3 unspecified atom stereocenters. The number of aliphatic hydroxyl groups is 1. The lowest BCUT2D eigenvalue weighted by Gasteiger charge is -2.30. The quantitative estimate of drug-likeness (QED) is 0.683. The van der Waals surface area contributed by atoms with Gasteiger partial charge >= 0.3 is 6.18 Å². The van der Waals surface area contributed by atoms with Gasteiger partial charge in [0.1, 0.15) is 0 Å². The van der Waals surface area contributed by atoms with Gasteiger partial charge in [0.25, 0.3) is 0 Å². The highest BCUT2D eigenvalue weighted by molar-refractivity contribution is 4.76. The van der Waals surface area contributed by atoms with Crippen LogP contribution in [0.15, 0.2) is 0 Å². The molecule has 5 heteroatoms. The van der Waals surface area contributed by atoms with Crippen molar-refractivity contribution in [3.63, 3.8) is 0 Å². The Bertz CT molecular complexity index is 229. The molecular formula is C14H27F3O2. The highest BCUT2D eigenvalue weighted by Crippen LogP contribution is 2.29. The molecule has 0 amide bonds. The lowest BCUT2D eigenvalue weighted by Crippen LogP contribution is -2.40. The minimum atomic E-state index is -4.36. The monoisotopic (exact) mass is 284 g/mol. The van der Waals surface area contributed by atoms with Crippen LogP contribution in [0, 0.1) is 5.92 Å². The second-order valence-electron chi connectivity index (χ2n) is 5.48. The van der Waals surface area contributed by atoms with E-state index in [4.69, 9.17) is 4.74 Å². The first-order valence-corrected chi connectivity index (χ1v) is 7.12. The van der Waals surface area contributed by atoms with Crippen LogP contribution in [-0.2, 0) is 4.74 Å². The zero-order chi connectivity index (χ0) is 15.1. The third-order valence-electron chi connectivity index (χ3n) is 2.97. The smallest absolute Gasteiger partial charge is 0.390 e. The fourth-order valence-electron chi connectivity index (χ4n) is 2.05. The molecule has 0 heterocycles. The van der Waals surface area contributed by atoms with Gasteiger partial charge in [-0.1, -0.05) is 40.5 Å². The number of alkyl halides is 3. The average Bonchev–Trinajstić information content (AvgIpc) is 2.25. The van der Waals surface area contributed by atoms with Gasteiger partial charge in [-0.05, 0) is 25.2 Å². The summed E-state index contributed by atoms with van der Waals surface area (Å²) in [5.74, 6) is 0.230. The van der Waals surface area contributed by atoms with E-state index in [2.05, 4.69) is 0 Å². The van der Waals surface area contributed by atoms with Gasteiger partial charge < -0.3 is 9.84 Å². The Labute approximate surface area is 114 Å². The van der Waals surface area contributed by atoms with Crippen LogP contribution in [0.4, 0.5) is 13.2 Å². The van der Waals surface area contributed by atoms with Gasteiger partial charge in [-0.25, -0.2) is 0 Å². The topological polar surface area (TPSA) is 29.5 Å². The van der Waals surface area contributed by atoms with Crippen LogP contribution in [0.25, 0.3) is 0 Å². The first-order chi connectivity index (χ1) is 8.72. The van der Waals surface area contributed by atoms with Crippen LogP contribution in [0.3, 0.4) is 0 Å². The van der Waals surface area contributed by atoms with E-state index in [1.54, 1.807) is 6.92 Å². The summed E-state index contributed by atoms with van der Waals surface area (Å²) in [6, 6.07) is 0. The van der Waals surface area contributed by atoms with Crippen molar-refractivity contribution >= 4 is 0 Å². The first kappa shape index (κ1) is 18.7. The summed E-state index contributed by atoms with van der Waals surface area (Å²) in [6.45, 7) is 7.43. The van der Waals surface area contributed by atoms with Crippen molar-refractivity contribution in [1.82, 2.24) is 0 Å². The van der Waals surface area contributed by atoms with Crippen LogP contribution >= 0.6 is 0 Å². The van der Waals surface area contributed by atoms with E-state index in [0.717, 1.165) is 0 Å². The number of aliphatic hydroxyl groups excluding tert-OH is 1. The SMILES string of the molecule is CCCC(OC(CCC)C(F)(F)F)C(O)CC(C)C. The molecule has 0 aromatic rings. The van der Waals surface area contributed by atoms with Gasteiger partial charge in [-0.15, -0.1) is 0 Å². The molecule has 0 spiro atoms. The third-order valence-corrected chi connectivity index (χ3v) is 2.97. The number of hydrogen-bond acceptors (Lipinski definition) is 2. The molecule has 0 saturated heterocycles.